The van der Waals surface area contributed by atoms with Crippen LogP contribution >= 0.6 is 0 Å². The van der Waals surface area contributed by atoms with Gasteiger partial charge in [-0.1, -0.05) is 42.5 Å². The lowest BCUT2D eigenvalue weighted by Crippen LogP contribution is -2.38. The molecule has 0 aliphatic heterocycles. The molecule has 0 radical (unpaired) electrons. The number of amides is 2. The molecule has 2 amide bonds. The van der Waals surface area contributed by atoms with Gasteiger partial charge in [0.05, 0.1) is 0 Å². The summed E-state index contributed by atoms with van der Waals surface area (Å²) in [5.41, 5.74) is 3.61. The molecule has 4 heteroatoms. The highest BCUT2D eigenvalue weighted by atomic mass is 16.5. The van der Waals surface area contributed by atoms with Gasteiger partial charge in [-0.25, -0.2) is 4.79 Å². The maximum atomic E-state index is 11.7. The van der Waals surface area contributed by atoms with Gasteiger partial charge in [-0.15, -0.1) is 0 Å². The molecule has 4 nitrogen and oxygen atoms in total. The highest BCUT2D eigenvalue weighted by Gasteiger charge is 2.03. The monoisotopic (exact) mass is 326 g/mol. The summed E-state index contributed by atoms with van der Waals surface area (Å²) < 4.78 is 5.60. The van der Waals surface area contributed by atoms with Crippen LogP contribution in [-0.4, -0.2) is 19.3 Å². The van der Waals surface area contributed by atoms with Crippen LogP contribution in [-0.2, 0) is 6.42 Å². The van der Waals surface area contributed by atoms with Crippen LogP contribution in [0.3, 0.4) is 0 Å². The summed E-state index contributed by atoms with van der Waals surface area (Å²) in [7, 11) is 0. The van der Waals surface area contributed by atoms with Gasteiger partial charge in [0.25, 0.3) is 0 Å². The second-order valence-electron chi connectivity index (χ2n) is 5.86. The first kappa shape index (κ1) is 17.9. The van der Waals surface area contributed by atoms with Crippen LogP contribution in [0.2, 0.25) is 0 Å². The molecule has 0 fully saturated rings. The van der Waals surface area contributed by atoms with E-state index in [0.717, 1.165) is 30.6 Å². The fourth-order valence-corrected chi connectivity index (χ4v) is 2.42. The molecule has 0 atom stereocenters. The van der Waals surface area contributed by atoms with E-state index < -0.39 is 0 Å². The third-order valence-corrected chi connectivity index (χ3v) is 4.04. The third kappa shape index (κ3) is 5.95. The molecule has 0 saturated heterocycles. The summed E-state index contributed by atoms with van der Waals surface area (Å²) in [6.07, 6.45) is 3.06. The predicted molar refractivity (Wildman–Crippen MR) is 97.3 cm³/mol. The second-order valence-corrected chi connectivity index (χ2v) is 5.86. The van der Waals surface area contributed by atoms with E-state index in [4.69, 9.17) is 4.74 Å². The van der Waals surface area contributed by atoms with Gasteiger partial charge in [-0.3, -0.25) is 0 Å². The van der Waals surface area contributed by atoms with Crippen LogP contribution in [0.25, 0.3) is 0 Å². The van der Waals surface area contributed by atoms with Crippen LogP contribution < -0.4 is 15.4 Å². The Bertz CT molecular complexity index is 641. The Morgan fingerprint density at radius 3 is 2.54 bits per heavy atom. The number of unbranched alkanes of at least 4 members (excludes halogenated alkanes) is 1. The zero-order valence-electron chi connectivity index (χ0n) is 14.5. The Balaban J connectivity index is 1.56. The molecule has 0 aliphatic rings. The number of hydrogen-bond donors (Lipinski definition) is 2. The first-order valence-electron chi connectivity index (χ1n) is 8.41. The smallest absolute Gasteiger partial charge is 0.317 e. The van der Waals surface area contributed by atoms with Crippen molar-refractivity contribution in [2.75, 3.05) is 13.3 Å². The molecule has 2 aromatic rings. The van der Waals surface area contributed by atoms with E-state index in [9.17, 15) is 4.79 Å². The maximum absolute atomic E-state index is 11.7. The van der Waals surface area contributed by atoms with Crippen molar-refractivity contribution in [3.8, 4) is 5.75 Å². The number of aryl methyl sites for hydroxylation is 2. The quantitative estimate of drug-likeness (QED) is 0.570. The van der Waals surface area contributed by atoms with Crippen LogP contribution in [0.15, 0.2) is 48.5 Å². The number of urea groups is 1. The lowest BCUT2D eigenvalue weighted by atomic mass is 10.1. The zero-order chi connectivity index (χ0) is 17.2. The number of rotatable bonds is 8. The summed E-state index contributed by atoms with van der Waals surface area (Å²) in [4.78, 5) is 11.7. The molecule has 0 heterocycles. The molecule has 2 aromatic carbocycles. The Labute approximate surface area is 144 Å². The number of carbonyl (C=O) groups excluding carboxylic acids is 1. The van der Waals surface area contributed by atoms with E-state index in [-0.39, 0.29) is 12.8 Å². The molecule has 0 unspecified atom stereocenters. The Kier molecular flexibility index (Phi) is 7.15. The van der Waals surface area contributed by atoms with Crippen molar-refractivity contribution < 1.29 is 9.53 Å². The number of carbonyl (C=O) groups is 1. The minimum Gasteiger partial charge on any atom is -0.473 e. The van der Waals surface area contributed by atoms with E-state index in [1.165, 1.54) is 11.1 Å². The molecule has 24 heavy (non-hydrogen) atoms. The van der Waals surface area contributed by atoms with Gasteiger partial charge in [0, 0.05) is 6.54 Å². The van der Waals surface area contributed by atoms with Crippen molar-refractivity contribution in [3.63, 3.8) is 0 Å². The van der Waals surface area contributed by atoms with Gasteiger partial charge in [0.15, 0.2) is 6.73 Å². The van der Waals surface area contributed by atoms with E-state index in [2.05, 4.69) is 34.9 Å². The van der Waals surface area contributed by atoms with Crippen LogP contribution in [0.5, 0.6) is 5.75 Å². The van der Waals surface area contributed by atoms with Crippen molar-refractivity contribution in [2.24, 2.45) is 0 Å². The zero-order valence-corrected chi connectivity index (χ0v) is 14.5. The van der Waals surface area contributed by atoms with Crippen molar-refractivity contribution in [1.29, 1.82) is 0 Å². The minimum atomic E-state index is -0.194. The number of nitrogens with one attached hydrogen (secondary N) is 2. The SMILES string of the molecule is Cc1cccc(OCNC(=O)NCCCCc2ccccc2)c1C. The molecular weight excluding hydrogens is 300 g/mol. The van der Waals surface area contributed by atoms with Crippen molar-refractivity contribution in [2.45, 2.75) is 33.1 Å². The molecule has 0 spiro atoms. The largest absolute Gasteiger partial charge is 0.473 e. The van der Waals surface area contributed by atoms with E-state index >= 15 is 0 Å². The van der Waals surface area contributed by atoms with Crippen molar-refractivity contribution >= 4 is 6.03 Å². The van der Waals surface area contributed by atoms with E-state index in [1.807, 2.05) is 38.1 Å². The van der Waals surface area contributed by atoms with Gasteiger partial charge in [0.2, 0.25) is 0 Å². The Hall–Kier alpha value is -2.49. The van der Waals surface area contributed by atoms with Gasteiger partial charge in [-0.2, -0.15) is 0 Å². The summed E-state index contributed by atoms with van der Waals surface area (Å²) in [5.74, 6) is 0.804. The number of ether oxygens (including phenoxy) is 1. The molecule has 0 aromatic heterocycles. The summed E-state index contributed by atoms with van der Waals surface area (Å²) >= 11 is 0. The first-order valence-corrected chi connectivity index (χ1v) is 8.41. The fraction of sp³-hybridized carbons (Fsp3) is 0.350. The van der Waals surface area contributed by atoms with Crippen LogP contribution in [0, 0.1) is 13.8 Å². The topological polar surface area (TPSA) is 50.4 Å². The fourth-order valence-electron chi connectivity index (χ4n) is 2.42. The molecule has 128 valence electrons. The predicted octanol–water partition coefficient (Wildman–Crippen LogP) is 3.96. The number of benzene rings is 2. The normalized spacial score (nSPS) is 10.2. The lowest BCUT2D eigenvalue weighted by molar-refractivity contribution is 0.223. The van der Waals surface area contributed by atoms with Gasteiger partial charge in [0.1, 0.15) is 5.75 Å². The molecule has 2 rings (SSSR count). The van der Waals surface area contributed by atoms with E-state index in [1.54, 1.807) is 0 Å². The summed E-state index contributed by atoms with van der Waals surface area (Å²) in [6.45, 7) is 4.89. The minimum absolute atomic E-state index is 0.167. The van der Waals surface area contributed by atoms with E-state index in [0.29, 0.717) is 6.54 Å². The van der Waals surface area contributed by atoms with Crippen LogP contribution in [0.1, 0.15) is 29.5 Å². The number of hydrogen-bond acceptors (Lipinski definition) is 2. The molecule has 0 aliphatic carbocycles. The third-order valence-electron chi connectivity index (χ3n) is 4.04. The molecule has 0 saturated carbocycles. The van der Waals surface area contributed by atoms with Gasteiger partial charge in [-0.05, 0) is 55.9 Å². The van der Waals surface area contributed by atoms with Crippen LogP contribution in [0.4, 0.5) is 4.79 Å². The van der Waals surface area contributed by atoms with Gasteiger partial charge < -0.3 is 15.4 Å². The van der Waals surface area contributed by atoms with Gasteiger partial charge >= 0.3 is 6.03 Å². The Morgan fingerprint density at radius 1 is 0.958 bits per heavy atom. The molecule has 2 N–H and O–H groups in total. The molecular formula is C20H26N2O2. The first-order chi connectivity index (χ1) is 11.7. The highest BCUT2D eigenvalue weighted by molar-refractivity contribution is 5.73. The highest BCUT2D eigenvalue weighted by Crippen LogP contribution is 2.19. The second kappa shape index (κ2) is 9.60. The molecule has 0 bridgehead atoms. The standard InChI is InChI=1S/C20H26N2O2/c1-16-9-8-13-19(17(16)2)24-15-22-20(23)21-14-7-6-12-18-10-4-3-5-11-18/h3-5,8-11,13H,6-7,12,14-15H2,1-2H3,(H2,21,22,23). The summed E-state index contributed by atoms with van der Waals surface area (Å²) in [6, 6.07) is 16.1. The van der Waals surface area contributed by atoms with Crippen molar-refractivity contribution in [1.82, 2.24) is 10.6 Å². The average Bonchev–Trinajstić information content (AvgIpc) is 2.59. The lowest BCUT2D eigenvalue weighted by Gasteiger charge is -2.12. The average molecular weight is 326 g/mol. The van der Waals surface area contributed by atoms with Crippen molar-refractivity contribution in [3.05, 3.63) is 65.2 Å². The summed E-state index contributed by atoms with van der Waals surface area (Å²) in [5, 5.41) is 5.57. The maximum Gasteiger partial charge on any atom is 0.317 e. The Morgan fingerprint density at radius 2 is 1.75 bits per heavy atom.